The van der Waals surface area contributed by atoms with Crippen LogP contribution in [0, 0.1) is 6.92 Å². The summed E-state index contributed by atoms with van der Waals surface area (Å²) in [6, 6.07) is 13.9. The standard InChI is InChI=1S/C18H20N2O2S/c1-13-9-10-15(22-13)18(21)16(14-7-3-2-4-8-14)23-17-19-11-5-6-12-20(17)18/h2-4,7-10,16,21H,5-6,11-12H2,1H3. The fraction of sp³-hybridized carbons (Fsp3) is 0.389. The van der Waals surface area contributed by atoms with Crippen LogP contribution in [0.1, 0.15) is 35.2 Å². The van der Waals surface area contributed by atoms with Crippen molar-refractivity contribution in [3.63, 3.8) is 0 Å². The fourth-order valence-corrected chi connectivity index (χ4v) is 4.74. The SMILES string of the molecule is Cc1ccc(C2(O)C(c3ccccc3)SC3=NCCCCN32)o1. The van der Waals surface area contributed by atoms with Gasteiger partial charge < -0.3 is 14.4 Å². The predicted molar refractivity (Wildman–Crippen MR) is 92.4 cm³/mol. The zero-order valence-corrected chi connectivity index (χ0v) is 13.9. The number of thioether (sulfide) groups is 1. The molecule has 5 heteroatoms. The number of aliphatic imine (C=N–C) groups is 1. The summed E-state index contributed by atoms with van der Waals surface area (Å²) in [5, 5.41) is 12.5. The van der Waals surface area contributed by atoms with Crippen LogP contribution in [0.4, 0.5) is 0 Å². The number of hydrogen-bond donors (Lipinski definition) is 1. The second kappa shape index (κ2) is 5.73. The van der Waals surface area contributed by atoms with E-state index in [-0.39, 0.29) is 5.25 Å². The lowest BCUT2D eigenvalue weighted by molar-refractivity contribution is -0.0879. The van der Waals surface area contributed by atoms with Crippen LogP contribution >= 0.6 is 11.8 Å². The smallest absolute Gasteiger partial charge is 0.216 e. The molecule has 23 heavy (non-hydrogen) atoms. The molecule has 3 heterocycles. The van der Waals surface area contributed by atoms with Gasteiger partial charge >= 0.3 is 0 Å². The quantitative estimate of drug-likeness (QED) is 0.914. The van der Waals surface area contributed by atoms with Crippen molar-refractivity contribution in [1.29, 1.82) is 0 Å². The van der Waals surface area contributed by atoms with E-state index < -0.39 is 5.72 Å². The lowest BCUT2D eigenvalue weighted by Gasteiger charge is -2.35. The Bertz CT molecular complexity index is 728. The summed E-state index contributed by atoms with van der Waals surface area (Å²) in [6.45, 7) is 3.53. The van der Waals surface area contributed by atoms with Crippen LogP contribution < -0.4 is 0 Å². The third-order valence-electron chi connectivity index (χ3n) is 4.47. The molecule has 0 aliphatic carbocycles. The number of aliphatic hydroxyl groups is 1. The van der Waals surface area contributed by atoms with Crippen LogP contribution in [0.2, 0.25) is 0 Å². The molecule has 0 amide bonds. The summed E-state index contributed by atoms with van der Waals surface area (Å²) >= 11 is 1.64. The Morgan fingerprint density at radius 1 is 1.22 bits per heavy atom. The first-order chi connectivity index (χ1) is 11.2. The zero-order chi connectivity index (χ0) is 15.9. The van der Waals surface area contributed by atoms with Crippen molar-refractivity contribution in [1.82, 2.24) is 4.90 Å². The minimum atomic E-state index is -1.19. The average Bonchev–Trinajstić information content (AvgIpc) is 3.02. The highest BCUT2D eigenvalue weighted by atomic mass is 32.2. The number of fused-ring (bicyclic) bond motifs is 1. The topological polar surface area (TPSA) is 49.0 Å². The van der Waals surface area contributed by atoms with Gasteiger partial charge in [0.1, 0.15) is 5.76 Å². The molecule has 2 aromatic rings. The van der Waals surface area contributed by atoms with E-state index in [1.807, 2.05) is 42.2 Å². The van der Waals surface area contributed by atoms with Crippen LogP contribution in [-0.4, -0.2) is 28.3 Å². The van der Waals surface area contributed by atoms with Crippen LogP contribution in [0.3, 0.4) is 0 Å². The van der Waals surface area contributed by atoms with Gasteiger partial charge in [-0.1, -0.05) is 42.1 Å². The lowest BCUT2D eigenvalue weighted by Crippen LogP contribution is -2.46. The number of amidine groups is 1. The average molecular weight is 328 g/mol. The van der Waals surface area contributed by atoms with E-state index in [1.54, 1.807) is 11.8 Å². The second-order valence-electron chi connectivity index (χ2n) is 6.07. The van der Waals surface area contributed by atoms with E-state index in [4.69, 9.17) is 9.41 Å². The molecule has 120 valence electrons. The molecule has 1 aromatic carbocycles. The Morgan fingerprint density at radius 3 is 2.78 bits per heavy atom. The molecule has 2 unspecified atom stereocenters. The number of rotatable bonds is 2. The molecule has 1 fully saturated rings. The van der Waals surface area contributed by atoms with Crippen molar-refractivity contribution < 1.29 is 9.52 Å². The van der Waals surface area contributed by atoms with Crippen LogP contribution in [0.25, 0.3) is 0 Å². The predicted octanol–water partition coefficient (Wildman–Crippen LogP) is 3.67. The zero-order valence-electron chi connectivity index (χ0n) is 13.1. The largest absolute Gasteiger partial charge is 0.461 e. The molecule has 1 saturated heterocycles. The molecule has 2 atom stereocenters. The molecule has 0 spiro atoms. The Labute approximate surface area is 140 Å². The number of hydrogen-bond acceptors (Lipinski definition) is 5. The van der Waals surface area contributed by atoms with Gasteiger partial charge in [0.15, 0.2) is 10.9 Å². The Balaban J connectivity index is 1.85. The van der Waals surface area contributed by atoms with Gasteiger partial charge in [0.2, 0.25) is 5.72 Å². The summed E-state index contributed by atoms with van der Waals surface area (Å²) in [5.41, 5.74) is -0.103. The normalized spacial score (nSPS) is 27.5. The summed E-state index contributed by atoms with van der Waals surface area (Å²) < 4.78 is 5.85. The molecular weight excluding hydrogens is 308 g/mol. The number of furan rings is 1. The molecule has 2 aliphatic rings. The van der Waals surface area contributed by atoms with Gasteiger partial charge in [-0.15, -0.1) is 0 Å². The van der Waals surface area contributed by atoms with Gasteiger partial charge in [0.05, 0.1) is 5.25 Å². The Morgan fingerprint density at radius 2 is 2.04 bits per heavy atom. The van der Waals surface area contributed by atoms with E-state index in [0.29, 0.717) is 5.76 Å². The van der Waals surface area contributed by atoms with E-state index in [0.717, 1.165) is 42.4 Å². The van der Waals surface area contributed by atoms with Crippen molar-refractivity contribution in [3.05, 3.63) is 59.5 Å². The van der Waals surface area contributed by atoms with Crippen molar-refractivity contribution >= 4 is 16.9 Å². The maximum absolute atomic E-state index is 11.7. The highest BCUT2D eigenvalue weighted by Crippen LogP contribution is 2.54. The monoisotopic (exact) mass is 328 g/mol. The van der Waals surface area contributed by atoms with Crippen molar-refractivity contribution in [3.8, 4) is 0 Å². The Hall–Kier alpha value is -1.72. The molecule has 1 aromatic heterocycles. The molecule has 1 N–H and O–H groups in total. The van der Waals surface area contributed by atoms with E-state index in [2.05, 4.69) is 12.1 Å². The molecular formula is C18H20N2O2S. The fourth-order valence-electron chi connectivity index (χ4n) is 3.31. The highest BCUT2D eigenvalue weighted by molar-refractivity contribution is 8.14. The lowest BCUT2D eigenvalue weighted by atomic mass is 9.97. The number of benzene rings is 1. The molecule has 4 rings (SSSR count). The van der Waals surface area contributed by atoms with E-state index in [1.165, 1.54) is 0 Å². The van der Waals surface area contributed by atoms with Crippen molar-refractivity contribution in [2.75, 3.05) is 13.1 Å². The third-order valence-corrected chi connectivity index (χ3v) is 5.87. The van der Waals surface area contributed by atoms with Crippen molar-refractivity contribution in [2.24, 2.45) is 4.99 Å². The van der Waals surface area contributed by atoms with Gasteiger partial charge in [-0.3, -0.25) is 4.99 Å². The maximum atomic E-state index is 11.7. The van der Waals surface area contributed by atoms with E-state index in [9.17, 15) is 5.11 Å². The number of nitrogens with zero attached hydrogens (tertiary/aromatic N) is 2. The van der Waals surface area contributed by atoms with Gasteiger partial charge in [0, 0.05) is 13.1 Å². The number of aryl methyl sites for hydroxylation is 1. The third kappa shape index (κ3) is 2.39. The first-order valence-corrected chi connectivity index (χ1v) is 8.90. The van der Waals surface area contributed by atoms with Gasteiger partial charge in [-0.25, -0.2) is 0 Å². The van der Waals surface area contributed by atoms with Crippen LogP contribution in [-0.2, 0) is 5.72 Å². The molecule has 4 nitrogen and oxygen atoms in total. The summed E-state index contributed by atoms with van der Waals surface area (Å²) in [5.74, 6) is 1.41. The van der Waals surface area contributed by atoms with Crippen molar-refractivity contribution in [2.45, 2.75) is 30.7 Å². The Kier molecular flexibility index (Phi) is 3.70. The molecule has 0 bridgehead atoms. The maximum Gasteiger partial charge on any atom is 0.216 e. The minimum Gasteiger partial charge on any atom is -0.461 e. The molecule has 0 radical (unpaired) electrons. The van der Waals surface area contributed by atoms with E-state index >= 15 is 0 Å². The summed E-state index contributed by atoms with van der Waals surface area (Å²) in [4.78, 5) is 6.72. The van der Waals surface area contributed by atoms with Crippen LogP contribution in [0.15, 0.2) is 51.9 Å². The van der Waals surface area contributed by atoms with Gasteiger partial charge in [-0.2, -0.15) is 0 Å². The summed E-state index contributed by atoms with van der Waals surface area (Å²) in [6.07, 6.45) is 2.08. The second-order valence-corrected chi connectivity index (χ2v) is 7.14. The molecule has 0 saturated carbocycles. The first-order valence-electron chi connectivity index (χ1n) is 8.02. The minimum absolute atomic E-state index is 0.147. The highest BCUT2D eigenvalue weighted by Gasteiger charge is 2.55. The first kappa shape index (κ1) is 14.8. The molecule has 2 aliphatic heterocycles. The van der Waals surface area contributed by atoms with Gasteiger partial charge in [-0.05, 0) is 37.5 Å². The summed E-state index contributed by atoms with van der Waals surface area (Å²) in [7, 11) is 0. The van der Waals surface area contributed by atoms with Crippen LogP contribution in [0.5, 0.6) is 0 Å². The van der Waals surface area contributed by atoms with Gasteiger partial charge in [0.25, 0.3) is 0 Å².